The molecule has 1 fully saturated rings. The van der Waals surface area contributed by atoms with E-state index in [1.165, 1.54) is 0 Å². The van der Waals surface area contributed by atoms with E-state index >= 15 is 0 Å². The molecule has 2 N–H and O–H groups in total. The Morgan fingerprint density at radius 1 is 1.35 bits per heavy atom. The van der Waals surface area contributed by atoms with Crippen LogP contribution in [0.4, 0.5) is 0 Å². The van der Waals surface area contributed by atoms with Gasteiger partial charge in [-0.1, -0.05) is 20.3 Å². The van der Waals surface area contributed by atoms with E-state index in [1.807, 2.05) is 0 Å². The zero-order chi connectivity index (χ0) is 13.1. The number of hydrogen-bond donors (Lipinski definition) is 2. The summed E-state index contributed by atoms with van der Waals surface area (Å²) in [5.74, 6) is 0.379. The number of nitrogens with one attached hydrogen (secondary N) is 1. The summed E-state index contributed by atoms with van der Waals surface area (Å²) in [7, 11) is 0. The largest absolute Gasteiger partial charge is 0.392 e. The van der Waals surface area contributed by atoms with Crippen molar-refractivity contribution in [2.45, 2.75) is 77.7 Å². The van der Waals surface area contributed by atoms with Crippen molar-refractivity contribution in [3.05, 3.63) is 0 Å². The lowest BCUT2D eigenvalue weighted by Crippen LogP contribution is -2.50. The minimum atomic E-state index is -0.220. The Bertz CT molecular complexity index is 219. The molecule has 1 rings (SSSR count). The number of aliphatic hydroxyl groups excluding tert-OH is 1. The fraction of sp³-hybridized carbons (Fsp3) is 1.00. The number of aliphatic hydroxyl groups is 1. The Hall–Kier alpha value is -0.120. The molecule has 1 aliphatic carbocycles. The van der Waals surface area contributed by atoms with Crippen LogP contribution in [0.1, 0.15) is 53.9 Å². The summed E-state index contributed by atoms with van der Waals surface area (Å²) in [6, 6.07) is 0.529. The third-order valence-corrected chi connectivity index (χ3v) is 3.53. The molecule has 2 unspecified atom stereocenters. The molecule has 1 aliphatic rings. The Morgan fingerprint density at radius 2 is 1.94 bits per heavy atom. The summed E-state index contributed by atoms with van der Waals surface area (Å²) in [6.07, 6.45) is 3.36. The highest BCUT2D eigenvalue weighted by Crippen LogP contribution is 2.27. The second-order valence-electron chi connectivity index (χ2n) is 6.38. The molecular formula is C14H29NO2. The predicted octanol–water partition coefficient (Wildman–Crippen LogP) is 2.33. The van der Waals surface area contributed by atoms with Crippen molar-refractivity contribution in [2.24, 2.45) is 5.92 Å². The van der Waals surface area contributed by atoms with Gasteiger partial charge in [-0.3, -0.25) is 0 Å². The first kappa shape index (κ1) is 14.9. The van der Waals surface area contributed by atoms with Crippen LogP contribution in [0.2, 0.25) is 0 Å². The standard InChI is InChI=1S/C14H29NO2/c1-6-10(2)13(16)9-15-11-7-12(8-11)17-14(3,4)5/h10-13,15-16H,6-9H2,1-5H3. The van der Waals surface area contributed by atoms with Gasteiger partial charge in [-0.25, -0.2) is 0 Å². The molecule has 0 amide bonds. The third-order valence-electron chi connectivity index (χ3n) is 3.53. The fourth-order valence-electron chi connectivity index (χ4n) is 2.09. The van der Waals surface area contributed by atoms with Crippen molar-refractivity contribution in [1.82, 2.24) is 5.32 Å². The van der Waals surface area contributed by atoms with E-state index in [0.717, 1.165) is 19.3 Å². The van der Waals surface area contributed by atoms with Gasteiger partial charge in [0.1, 0.15) is 0 Å². The van der Waals surface area contributed by atoms with Crippen LogP contribution in [0.5, 0.6) is 0 Å². The van der Waals surface area contributed by atoms with Gasteiger partial charge in [0.15, 0.2) is 0 Å². The molecule has 0 heterocycles. The molecule has 0 aromatic carbocycles. The predicted molar refractivity (Wildman–Crippen MR) is 71.1 cm³/mol. The maximum atomic E-state index is 9.84. The summed E-state index contributed by atoms with van der Waals surface area (Å²) in [5.41, 5.74) is -0.0358. The minimum absolute atomic E-state index is 0.0358. The van der Waals surface area contributed by atoms with Crippen LogP contribution in [0, 0.1) is 5.92 Å². The third kappa shape index (κ3) is 5.36. The molecule has 102 valence electrons. The van der Waals surface area contributed by atoms with Crippen molar-refractivity contribution in [3.8, 4) is 0 Å². The molecule has 0 spiro atoms. The molecule has 17 heavy (non-hydrogen) atoms. The Kier molecular flexibility index (Phi) is 5.42. The summed E-state index contributed by atoms with van der Waals surface area (Å²) >= 11 is 0. The average Bonchev–Trinajstić information content (AvgIpc) is 2.17. The second-order valence-corrected chi connectivity index (χ2v) is 6.38. The maximum absolute atomic E-state index is 9.84. The van der Waals surface area contributed by atoms with E-state index in [2.05, 4.69) is 39.9 Å². The molecule has 3 nitrogen and oxygen atoms in total. The summed E-state index contributed by atoms with van der Waals surface area (Å²) in [6.45, 7) is 11.2. The van der Waals surface area contributed by atoms with Crippen molar-refractivity contribution >= 4 is 0 Å². The van der Waals surface area contributed by atoms with E-state index in [9.17, 15) is 5.11 Å². The molecule has 3 heteroatoms. The molecule has 0 radical (unpaired) electrons. The van der Waals surface area contributed by atoms with Gasteiger partial charge in [-0.2, -0.15) is 0 Å². The molecule has 0 bridgehead atoms. The molecule has 0 aliphatic heterocycles. The van der Waals surface area contributed by atoms with Crippen LogP contribution in [-0.4, -0.2) is 35.5 Å². The molecular weight excluding hydrogens is 214 g/mol. The van der Waals surface area contributed by atoms with Crippen LogP contribution in [0.25, 0.3) is 0 Å². The van der Waals surface area contributed by atoms with Crippen LogP contribution in [0.3, 0.4) is 0 Å². The van der Waals surface area contributed by atoms with E-state index in [4.69, 9.17) is 4.74 Å². The van der Waals surface area contributed by atoms with Crippen molar-refractivity contribution < 1.29 is 9.84 Å². The second kappa shape index (κ2) is 6.17. The fourth-order valence-corrected chi connectivity index (χ4v) is 2.09. The van der Waals surface area contributed by atoms with Gasteiger partial charge in [-0.15, -0.1) is 0 Å². The van der Waals surface area contributed by atoms with E-state index in [1.54, 1.807) is 0 Å². The first-order valence-corrected chi connectivity index (χ1v) is 6.91. The minimum Gasteiger partial charge on any atom is -0.392 e. The van der Waals surface area contributed by atoms with Gasteiger partial charge < -0.3 is 15.2 Å². The van der Waals surface area contributed by atoms with Crippen molar-refractivity contribution in [2.75, 3.05) is 6.54 Å². The lowest BCUT2D eigenvalue weighted by Gasteiger charge is -2.40. The van der Waals surface area contributed by atoms with Crippen LogP contribution in [0.15, 0.2) is 0 Å². The lowest BCUT2D eigenvalue weighted by atomic mass is 9.88. The normalized spacial score (nSPS) is 28.6. The van der Waals surface area contributed by atoms with Crippen LogP contribution < -0.4 is 5.32 Å². The highest BCUT2D eigenvalue weighted by atomic mass is 16.5. The van der Waals surface area contributed by atoms with Crippen molar-refractivity contribution in [3.63, 3.8) is 0 Å². The highest BCUT2D eigenvalue weighted by Gasteiger charge is 2.32. The monoisotopic (exact) mass is 243 g/mol. The average molecular weight is 243 g/mol. The van der Waals surface area contributed by atoms with Gasteiger partial charge in [0, 0.05) is 12.6 Å². The summed E-state index contributed by atoms with van der Waals surface area (Å²) in [5, 5.41) is 13.3. The Morgan fingerprint density at radius 3 is 2.41 bits per heavy atom. The Labute approximate surface area is 106 Å². The van der Waals surface area contributed by atoms with Gasteiger partial charge in [-0.05, 0) is 39.5 Å². The Balaban J connectivity index is 2.10. The van der Waals surface area contributed by atoms with Gasteiger partial charge in [0.2, 0.25) is 0 Å². The van der Waals surface area contributed by atoms with Crippen LogP contribution in [-0.2, 0) is 4.74 Å². The first-order valence-electron chi connectivity index (χ1n) is 6.91. The van der Waals surface area contributed by atoms with Crippen molar-refractivity contribution in [1.29, 1.82) is 0 Å². The number of rotatable bonds is 6. The zero-order valence-electron chi connectivity index (χ0n) is 12.0. The highest BCUT2D eigenvalue weighted by molar-refractivity contribution is 4.88. The topological polar surface area (TPSA) is 41.5 Å². The molecule has 0 aromatic rings. The van der Waals surface area contributed by atoms with E-state index < -0.39 is 0 Å². The summed E-state index contributed by atoms with van der Waals surface area (Å²) < 4.78 is 5.88. The lowest BCUT2D eigenvalue weighted by molar-refractivity contribution is -0.103. The van der Waals surface area contributed by atoms with Crippen LogP contribution >= 0.6 is 0 Å². The van der Waals surface area contributed by atoms with E-state index in [-0.39, 0.29) is 11.7 Å². The molecule has 0 saturated heterocycles. The quantitative estimate of drug-likeness (QED) is 0.752. The molecule has 2 atom stereocenters. The first-order chi connectivity index (χ1) is 7.81. The zero-order valence-corrected chi connectivity index (χ0v) is 12.0. The molecule has 1 saturated carbocycles. The number of ether oxygens (including phenoxy) is 1. The molecule has 0 aromatic heterocycles. The SMILES string of the molecule is CCC(C)C(O)CNC1CC(OC(C)(C)C)C1. The summed E-state index contributed by atoms with van der Waals surface area (Å²) in [4.78, 5) is 0. The van der Waals surface area contributed by atoms with Gasteiger partial charge in [0.25, 0.3) is 0 Å². The smallest absolute Gasteiger partial charge is 0.0690 e. The van der Waals surface area contributed by atoms with E-state index in [0.29, 0.717) is 24.6 Å². The maximum Gasteiger partial charge on any atom is 0.0690 e. The van der Waals surface area contributed by atoms with Gasteiger partial charge in [0.05, 0.1) is 17.8 Å². The number of hydrogen-bond acceptors (Lipinski definition) is 3. The van der Waals surface area contributed by atoms with Gasteiger partial charge >= 0.3 is 0 Å².